The summed E-state index contributed by atoms with van der Waals surface area (Å²) in [5.41, 5.74) is 0.735. The summed E-state index contributed by atoms with van der Waals surface area (Å²) in [7, 11) is 0. The largest absolute Gasteiger partial charge is 0.491 e. The molecule has 1 atom stereocenters. The van der Waals surface area contributed by atoms with Crippen LogP contribution in [0.4, 0.5) is 4.79 Å². The van der Waals surface area contributed by atoms with E-state index in [9.17, 15) is 9.59 Å². The van der Waals surface area contributed by atoms with E-state index in [-0.39, 0.29) is 17.9 Å². The monoisotopic (exact) mass is 459 g/mol. The molecule has 0 bridgehead atoms. The third-order valence-electron chi connectivity index (χ3n) is 4.67. The number of halogens is 1. The lowest BCUT2D eigenvalue weighted by molar-refractivity contribution is 0.0187. The second-order valence-corrected chi connectivity index (χ2v) is 9.06. The summed E-state index contributed by atoms with van der Waals surface area (Å²) in [5.74, 6) is 0.643. The highest BCUT2D eigenvalue weighted by molar-refractivity contribution is 9.10. The third kappa shape index (κ3) is 5.82. The fourth-order valence-corrected chi connectivity index (χ4v) is 3.50. The molecule has 1 aliphatic rings. The third-order valence-corrected chi connectivity index (χ3v) is 5.20. The van der Waals surface area contributed by atoms with Crippen molar-refractivity contribution in [1.29, 1.82) is 0 Å². The van der Waals surface area contributed by atoms with Crippen molar-refractivity contribution >= 4 is 27.8 Å². The molecule has 1 amide bonds. The number of carbonyl (C=O) groups is 2. The summed E-state index contributed by atoms with van der Waals surface area (Å²) in [4.78, 5) is 26.7. The number of benzene rings is 2. The Balaban J connectivity index is 1.58. The van der Waals surface area contributed by atoms with E-state index >= 15 is 0 Å². The van der Waals surface area contributed by atoms with Crippen LogP contribution in [0.1, 0.15) is 49.5 Å². The van der Waals surface area contributed by atoms with Gasteiger partial charge in [0, 0.05) is 22.1 Å². The molecule has 0 N–H and O–H groups in total. The SMILES string of the molecule is CC(C)(C)OC(=O)N1CCC[C@@H]1COc1ccc(C(=O)c2ccc(Br)cc2)cc1. The van der Waals surface area contributed by atoms with E-state index in [1.807, 2.05) is 32.9 Å². The van der Waals surface area contributed by atoms with E-state index < -0.39 is 5.60 Å². The van der Waals surface area contributed by atoms with Gasteiger partial charge >= 0.3 is 6.09 Å². The minimum atomic E-state index is -0.512. The summed E-state index contributed by atoms with van der Waals surface area (Å²) in [5, 5.41) is 0. The van der Waals surface area contributed by atoms with Crippen LogP contribution in [0, 0.1) is 0 Å². The van der Waals surface area contributed by atoms with Crippen LogP contribution in [0.15, 0.2) is 53.0 Å². The van der Waals surface area contributed by atoms with Crippen LogP contribution in [0.5, 0.6) is 5.75 Å². The summed E-state index contributed by atoms with van der Waals surface area (Å²) in [6, 6.07) is 14.4. The van der Waals surface area contributed by atoms with Gasteiger partial charge < -0.3 is 14.4 Å². The highest BCUT2D eigenvalue weighted by Gasteiger charge is 2.32. The molecular weight excluding hydrogens is 434 g/mol. The van der Waals surface area contributed by atoms with Gasteiger partial charge in [-0.25, -0.2) is 4.79 Å². The molecule has 0 aliphatic carbocycles. The van der Waals surface area contributed by atoms with Crippen molar-refractivity contribution in [2.24, 2.45) is 0 Å². The molecule has 2 aromatic rings. The number of hydrogen-bond acceptors (Lipinski definition) is 4. The molecule has 2 aromatic carbocycles. The summed E-state index contributed by atoms with van der Waals surface area (Å²) >= 11 is 3.37. The maximum absolute atomic E-state index is 12.6. The fourth-order valence-electron chi connectivity index (χ4n) is 3.23. The topological polar surface area (TPSA) is 55.8 Å². The Morgan fingerprint density at radius 3 is 2.21 bits per heavy atom. The molecular formula is C23H26BrNO4. The Morgan fingerprint density at radius 2 is 1.62 bits per heavy atom. The zero-order chi connectivity index (χ0) is 21.0. The standard InChI is InChI=1S/C23H26BrNO4/c1-23(2,3)29-22(27)25-14-4-5-19(25)15-28-20-12-8-17(9-13-20)21(26)16-6-10-18(24)11-7-16/h6-13,19H,4-5,14-15H2,1-3H3/t19-/m1/s1. The van der Waals surface area contributed by atoms with E-state index in [0.717, 1.165) is 17.3 Å². The molecule has 0 saturated carbocycles. The molecule has 1 saturated heterocycles. The molecule has 1 fully saturated rings. The van der Waals surface area contributed by atoms with Gasteiger partial charge in [-0.05, 0) is 82.1 Å². The number of carbonyl (C=O) groups excluding carboxylic acids is 2. The number of amides is 1. The second kappa shape index (κ2) is 8.99. The zero-order valence-electron chi connectivity index (χ0n) is 17.0. The first-order chi connectivity index (χ1) is 13.7. The molecule has 0 spiro atoms. The van der Waals surface area contributed by atoms with Crippen molar-refractivity contribution in [2.45, 2.75) is 45.3 Å². The number of ketones is 1. The molecule has 29 heavy (non-hydrogen) atoms. The van der Waals surface area contributed by atoms with Gasteiger partial charge in [0.1, 0.15) is 18.0 Å². The molecule has 1 aliphatic heterocycles. The van der Waals surface area contributed by atoms with Crippen molar-refractivity contribution in [2.75, 3.05) is 13.2 Å². The number of hydrogen-bond donors (Lipinski definition) is 0. The Kier molecular flexibility index (Phi) is 6.63. The summed E-state index contributed by atoms with van der Waals surface area (Å²) < 4.78 is 12.3. The van der Waals surface area contributed by atoms with Crippen molar-refractivity contribution in [1.82, 2.24) is 4.90 Å². The lowest BCUT2D eigenvalue weighted by atomic mass is 10.0. The molecule has 1 heterocycles. The van der Waals surface area contributed by atoms with Crippen LogP contribution in [-0.4, -0.2) is 41.6 Å². The minimum absolute atomic E-state index is 0.00563. The summed E-state index contributed by atoms with van der Waals surface area (Å²) in [6.45, 7) is 6.68. The Hall–Kier alpha value is -2.34. The highest BCUT2D eigenvalue weighted by atomic mass is 79.9. The van der Waals surface area contributed by atoms with Crippen molar-refractivity contribution in [3.05, 3.63) is 64.1 Å². The van der Waals surface area contributed by atoms with Crippen LogP contribution in [0.3, 0.4) is 0 Å². The smallest absolute Gasteiger partial charge is 0.410 e. The Morgan fingerprint density at radius 1 is 1.03 bits per heavy atom. The van der Waals surface area contributed by atoms with Crippen molar-refractivity contribution < 1.29 is 19.1 Å². The second-order valence-electron chi connectivity index (χ2n) is 8.14. The van der Waals surface area contributed by atoms with Gasteiger partial charge in [0.25, 0.3) is 0 Å². The lowest BCUT2D eigenvalue weighted by Gasteiger charge is -2.28. The molecule has 5 nitrogen and oxygen atoms in total. The Bertz CT molecular complexity index is 856. The molecule has 3 rings (SSSR count). The van der Waals surface area contributed by atoms with Crippen LogP contribution >= 0.6 is 15.9 Å². The highest BCUT2D eigenvalue weighted by Crippen LogP contribution is 2.23. The predicted molar refractivity (Wildman–Crippen MR) is 115 cm³/mol. The van der Waals surface area contributed by atoms with E-state index in [0.29, 0.717) is 30.0 Å². The molecule has 0 aromatic heterocycles. The summed E-state index contributed by atoms with van der Waals surface area (Å²) in [6.07, 6.45) is 1.53. The van der Waals surface area contributed by atoms with E-state index in [1.165, 1.54) is 0 Å². The first-order valence-corrected chi connectivity index (χ1v) is 10.5. The number of nitrogens with zero attached hydrogens (tertiary/aromatic N) is 1. The predicted octanol–water partition coefficient (Wildman–Crippen LogP) is 5.46. The van der Waals surface area contributed by atoms with Crippen molar-refractivity contribution in [3.63, 3.8) is 0 Å². The van der Waals surface area contributed by atoms with E-state index in [1.54, 1.807) is 41.3 Å². The number of rotatable bonds is 5. The van der Waals surface area contributed by atoms with Gasteiger partial charge in [-0.2, -0.15) is 0 Å². The van der Waals surface area contributed by atoms with Crippen molar-refractivity contribution in [3.8, 4) is 5.75 Å². The fraction of sp³-hybridized carbons (Fsp3) is 0.391. The van der Waals surface area contributed by atoms with Gasteiger partial charge in [-0.1, -0.05) is 15.9 Å². The average Bonchev–Trinajstić information content (AvgIpc) is 3.14. The maximum Gasteiger partial charge on any atom is 0.410 e. The van der Waals surface area contributed by atoms with Gasteiger partial charge in [0.05, 0.1) is 6.04 Å². The van der Waals surface area contributed by atoms with E-state index in [2.05, 4.69) is 15.9 Å². The van der Waals surface area contributed by atoms with Crippen LogP contribution in [0.25, 0.3) is 0 Å². The van der Waals surface area contributed by atoms with E-state index in [4.69, 9.17) is 9.47 Å². The molecule has 0 unspecified atom stereocenters. The number of ether oxygens (including phenoxy) is 2. The lowest BCUT2D eigenvalue weighted by Crippen LogP contribution is -2.42. The van der Waals surface area contributed by atoms with Crippen LogP contribution in [-0.2, 0) is 4.74 Å². The average molecular weight is 460 g/mol. The quantitative estimate of drug-likeness (QED) is 0.557. The zero-order valence-corrected chi connectivity index (χ0v) is 18.6. The van der Waals surface area contributed by atoms with Gasteiger partial charge in [0.2, 0.25) is 0 Å². The maximum atomic E-state index is 12.6. The molecule has 6 heteroatoms. The Labute approximate surface area is 180 Å². The van der Waals surface area contributed by atoms with Gasteiger partial charge in [-0.3, -0.25) is 4.79 Å². The van der Waals surface area contributed by atoms with Gasteiger partial charge in [-0.15, -0.1) is 0 Å². The molecule has 0 radical (unpaired) electrons. The van der Waals surface area contributed by atoms with Crippen LogP contribution < -0.4 is 4.74 Å². The number of likely N-dealkylation sites (tertiary alicyclic amines) is 1. The van der Waals surface area contributed by atoms with Gasteiger partial charge in [0.15, 0.2) is 5.78 Å². The first-order valence-electron chi connectivity index (χ1n) is 9.76. The van der Waals surface area contributed by atoms with Crippen LogP contribution in [0.2, 0.25) is 0 Å². The minimum Gasteiger partial charge on any atom is -0.491 e. The normalized spacial score (nSPS) is 16.6. The first kappa shape index (κ1) is 21.4. The molecule has 154 valence electrons.